The van der Waals surface area contributed by atoms with Gasteiger partial charge in [-0.15, -0.1) is 0 Å². The molecule has 92 valence electrons. The molecule has 0 amide bonds. The molecule has 0 bridgehead atoms. The Kier molecular flexibility index (Phi) is 4.57. The van der Waals surface area contributed by atoms with Gasteiger partial charge in [-0.3, -0.25) is 0 Å². The molecular formula is C13H18N2O2. The molecular weight excluding hydrogens is 216 g/mol. The molecule has 0 aliphatic rings. The first-order valence-corrected chi connectivity index (χ1v) is 5.32. The minimum Gasteiger partial charge on any atom is -0.489 e. The van der Waals surface area contributed by atoms with Crippen molar-refractivity contribution in [3.05, 3.63) is 41.5 Å². The molecule has 17 heavy (non-hydrogen) atoms. The summed E-state index contributed by atoms with van der Waals surface area (Å²) in [5.41, 5.74) is 8.61. The number of benzene rings is 1. The fraction of sp³-hybridized carbons (Fsp3) is 0.308. The second-order valence-corrected chi connectivity index (χ2v) is 3.70. The summed E-state index contributed by atoms with van der Waals surface area (Å²) < 4.78 is 5.58. The fourth-order valence-electron chi connectivity index (χ4n) is 1.62. The van der Waals surface area contributed by atoms with Gasteiger partial charge in [0.25, 0.3) is 0 Å². The summed E-state index contributed by atoms with van der Waals surface area (Å²) in [5.74, 6) is 1.22. The van der Waals surface area contributed by atoms with Gasteiger partial charge in [0.1, 0.15) is 19.5 Å². The molecule has 0 fully saturated rings. The Morgan fingerprint density at radius 2 is 2.00 bits per heavy atom. The summed E-state index contributed by atoms with van der Waals surface area (Å²) in [5, 5.41) is 3.71. The number of ether oxygens (including phenoxy) is 1. The molecule has 0 heterocycles. The Labute approximate surface area is 102 Å². The highest BCUT2D eigenvalue weighted by Crippen LogP contribution is 2.24. The zero-order chi connectivity index (χ0) is 12.8. The average molecular weight is 234 g/mol. The lowest BCUT2D eigenvalue weighted by Gasteiger charge is -2.12. The first-order chi connectivity index (χ1) is 8.10. The Hall–Kier alpha value is -1.97. The molecule has 0 saturated carbocycles. The smallest absolute Gasteiger partial charge is 0.170 e. The summed E-state index contributed by atoms with van der Waals surface area (Å²) >= 11 is 0. The van der Waals surface area contributed by atoms with Crippen LogP contribution in [0, 0.1) is 13.8 Å². The van der Waals surface area contributed by atoms with Gasteiger partial charge in [0.2, 0.25) is 0 Å². The summed E-state index contributed by atoms with van der Waals surface area (Å²) in [6, 6.07) is 3.84. The van der Waals surface area contributed by atoms with Crippen LogP contribution in [0.5, 0.6) is 5.75 Å². The Balaban J connectivity index is 3.08. The van der Waals surface area contributed by atoms with E-state index in [0.29, 0.717) is 12.4 Å². The maximum atomic E-state index is 5.76. The van der Waals surface area contributed by atoms with Crippen LogP contribution in [0.3, 0.4) is 0 Å². The van der Waals surface area contributed by atoms with Gasteiger partial charge in [0.15, 0.2) is 5.84 Å². The molecule has 0 aliphatic heterocycles. The van der Waals surface area contributed by atoms with Crippen molar-refractivity contribution in [3.63, 3.8) is 0 Å². The van der Waals surface area contributed by atoms with E-state index in [4.69, 9.17) is 10.5 Å². The van der Waals surface area contributed by atoms with Gasteiger partial charge >= 0.3 is 0 Å². The summed E-state index contributed by atoms with van der Waals surface area (Å²) in [6.45, 7) is 8.05. The number of hydrogen-bond acceptors (Lipinski definition) is 3. The first kappa shape index (κ1) is 13.1. The predicted octanol–water partition coefficient (Wildman–Crippen LogP) is 2.13. The van der Waals surface area contributed by atoms with Crippen molar-refractivity contribution in [1.82, 2.24) is 0 Å². The zero-order valence-electron chi connectivity index (χ0n) is 10.5. The largest absolute Gasteiger partial charge is 0.489 e. The van der Waals surface area contributed by atoms with Crippen LogP contribution in [0.15, 0.2) is 29.9 Å². The van der Waals surface area contributed by atoms with Crippen molar-refractivity contribution >= 4 is 5.84 Å². The molecule has 1 rings (SSSR count). The molecule has 0 atom stereocenters. The quantitative estimate of drug-likeness (QED) is 0.367. The molecule has 0 unspecified atom stereocenters. The molecule has 0 spiro atoms. The van der Waals surface area contributed by atoms with Crippen molar-refractivity contribution in [3.8, 4) is 5.75 Å². The normalized spacial score (nSPS) is 11.1. The van der Waals surface area contributed by atoms with Crippen LogP contribution in [0.25, 0.3) is 0 Å². The van der Waals surface area contributed by atoms with Crippen molar-refractivity contribution in [2.75, 3.05) is 13.7 Å². The van der Waals surface area contributed by atoms with Gasteiger partial charge in [0.05, 0.1) is 0 Å². The molecule has 2 N–H and O–H groups in total. The lowest BCUT2D eigenvalue weighted by molar-refractivity contribution is 0.213. The maximum Gasteiger partial charge on any atom is 0.170 e. The average Bonchev–Trinajstić information content (AvgIpc) is 2.28. The van der Waals surface area contributed by atoms with E-state index in [1.54, 1.807) is 6.08 Å². The van der Waals surface area contributed by atoms with E-state index < -0.39 is 0 Å². The van der Waals surface area contributed by atoms with E-state index in [-0.39, 0.29) is 0 Å². The zero-order valence-corrected chi connectivity index (χ0v) is 10.5. The maximum absolute atomic E-state index is 5.76. The van der Waals surface area contributed by atoms with Crippen molar-refractivity contribution in [1.29, 1.82) is 0 Å². The fourth-order valence-corrected chi connectivity index (χ4v) is 1.62. The molecule has 0 radical (unpaired) electrons. The Bertz CT molecular complexity index is 416. The van der Waals surface area contributed by atoms with Crippen LogP contribution >= 0.6 is 0 Å². The number of amidine groups is 1. The van der Waals surface area contributed by atoms with E-state index in [1.165, 1.54) is 7.11 Å². The van der Waals surface area contributed by atoms with E-state index in [9.17, 15) is 0 Å². The molecule has 0 aromatic heterocycles. The molecule has 4 nitrogen and oxygen atoms in total. The lowest BCUT2D eigenvalue weighted by Crippen LogP contribution is -2.14. The minimum atomic E-state index is 0.356. The third-order valence-corrected chi connectivity index (χ3v) is 2.29. The first-order valence-electron chi connectivity index (χ1n) is 5.32. The molecule has 1 aromatic rings. The minimum absolute atomic E-state index is 0.356. The van der Waals surface area contributed by atoms with E-state index in [0.717, 1.165) is 22.4 Å². The molecule has 0 aliphatic carbocycles. The SMILES string of the molecule is C=CCOc1c(C)cc(C(N)=NOC)cc1C. The highest BCUT2D eigenvalue weighted by atomic mass is 16.6. The molecule has 0 saturated heterocycles. The van der Waals surface area contributed by atoms with Crippen LogP contribution in [0.4, 0.5) is 0 Å². The van der Waals surface area contributed by atoms with Gasteiger partial charge < -0.3 is 15.3 Å². The van der Waals surface area contributed by atoms with Crippen LogP contribution in [-0.4, -0.2) is 19.6 Å². The summed E-state index contributed by atoms with van der Waals surface area (Å²) in [4.78, 5) is 4.65. The molecule has 1 aromatic carbocycles. The predicted molar refractivity (Wildman–Crippen MR) is 69.3 cm³/mol. The standard InChI is InChI=1S/C13H18N2O2/c1-5-6-17-12-9(2)7-11(8-10(12)3)13(14)15-16-4/h5,7-8H,1,6H2,2-4H3,(H2,14,15). The number of aryl methyl sites for hydroxylation is 2. The number of oxime groups is 1. The lowest BCUT2D eigenvalue weighted by atomic mass is 10.1. The van der Waals surface area contributed by atoms with Gasteiger partial charge in [-0.05, 0) is 37.1 Å². The number of rotatable bonds is 5. The second kappa shape index (κ2) is 5.94. The van der Waals surface area contributed by atoms with Crippen molar-refractivity contribution < 1.29 is 9.57 Å². The van der Waals surface area contributed by atoms with Gasteiger partial charge in [-0.2, -0.15) is 0 Å². The van der Waals surface area contributed by atoms with Crippen LogP contribution < -0.4 is 10.5 Å². The summed E-state index contributed by atoms with van der Waals surface area (Å²) in [6.07, 6.45) is 1.72. The second-order valence-electron chi connectivity index (χ2n) is 3.70. The van der Waals surface area contributed by atoms with Gasteiger partial charge in [-0.1, -0.05) is 17.8 Å². The van der Waals surface area contributed by atoms with E-state index >= 15 is 0 Å². The molecule has 4 heteroatoms. The number of hydrogen-bond donors (Lipinski definition) is 1. The number of nitrogens with two attached hydrogens (primary N) is 1. The summed E-state index contributed by atoms with van der Waals surface area (Å²) in [7, 11) is 1.47. The van der Waals surface area contributed by atoms with Crippen LogP contribution in [-0.2, 0) is 4.84 Å². The monoisotopic (exact) mass is 234 g/mol. The number of nitrogens with zero attached hydrogens (tertiary/aromatic N) is 1. The van der Waals surface area contributed by atoms with Crippen molar-refractivity contribution in [2.24, 2.45) is 10.9 Å². The van der Waals surface area contributed by atoms with Crippen LogP contribution in [0.2, 0.25) is 0 Å². The van der Waals surface area contributed by atoms with E-state index in [1.807, 2.05) is 26.0 Å². The third-order valence-electron chi connectivity index (χ3n) is 2.29. The van der Waals surface area contributed by atoms with Gasteiger partial charge in [0, 0.05) is 5.56 Å². The highest BCUT2D eigenvalue weighted by Gasteiger charge is 2.08. The third kappa shape index (κ3) is 3.24. The Morgan fingerprint density at radius 3 is 2.47 bits per heavy atom. The topological polar surface area (TPSA) is 56.8 Å². The Morgan fingerprint density at radius 1 is 1.41 bits per heavy atom. The highest BCUT2D eigenvalue weighted by molar-refractivity contribution is 5.97. The van der Waals surface area contributed by atoms with Gasteiger partial charge in [-0.25, -0.2) is 0 Å². The van der Waals surface area contributed by atoms with Crippen molar-refractivity contribution in [2.45, 2.75) is 13.8 Å². The van der Waals surface area contributed by atoms with E-state index in [2.05, 4.69) is 16.6 Å². The van der Waals surface area contributed by atoms with Crippen LogP contribution in [0.1, 0.15) is 16.7 Å².